The van der Waals surface area contributed by atoms with E-state index in [1.165, 1.54) is 16.0 Å². The van der Waals surface area contributed by atoms with Gasteiger partial charge in [-0.05, 0) is 44.5 Å². The number of hydrogen-bond acceptors (Lipinski definition) is 3. The molecule has 0 aliphatic heterocycles. The molecule has 0 aliphatic carbocycles. The SMILES string of the molecule is Cc1ccc(C(C)NC(=O)CN(C)CC(=O)N(C)C)cc1C. The minimum atomic E-state index is -0.0835. The number of amides is 2. The molecule has 122 valence electrons. The summed E-state index contributed by atoms with van der Waals surface area (Å²) in [6.07, 6.45) is 0. The van der Waals surface area contributed by atoms with Crippen LogP contribution in [0.15, 0.2) is 18.2 Å². The van der Waals surface area contributed by atoms with Gasteiger partial charge in [-0.2, -0.15) is 0 Å². The first-order valence-corrected chi connectivity index (χ1v) is 7.46. The highest BCUT2D eigenvalue weighted by Gasteiger charge is 2.14. The number of likely N-dealkylation sites (N-methyl/N-ethyl adjacent to an activating group) is 2. The molecule has 1 N–H and O–H groups in total. The first-order valence-electron chi connectivity index (χ1n) is 7.46. The van der Waals surface area contributed by atoms with Crippen molar-refractivity contribution in [3.63, 3.8) is 0 Å². The molecular formula is C17H27N3O2. The molecule has 5 heteroatoms. The smallest absolute Gasteiger partial charge is 0.236 e. The van der Waals surface area contributed by atoms with Crippen molar-refractivity contribution in [1.82, 2.24) is 15.1 Å². The first-order chi connectivity index (χ1) is 10.2. The third-order valence-electron chi connectivity index (χ3n) is 3.73. The Labute approximate surface area is 133 Å². The molecule has 0 bridgehead atoms. The summed E-state index contributed by atoms with van der Waals surface area (Å²) in [5, 5.41) is 2.97. The standard InChI is InChI=1S/C17H27N3O2/c1-12-7-8-15(9-13(12)2)14(3)18-16(21)10-20(6)11-17(22)19(4)5/h7-9,14H,10-11H2,1-6H3,(H,18,21). The Morgan fingerprint density at radius 3 is 2.27 bits per heavy atom. The van der Waals surface area contributed by atoms with Crippen LogP contribution in [0.1, 0.15) is 29.7 Å². The van der Waals surface area contributed by atoms with E-state index >= 15 is 0 Å². The van der Waals surface area contributed by atoms with Gasteiger partial charge in [-0.3, -0.25) is 14.5 Å². The van der Waals surface area contributed by atoms with Gasteiger partial charge >= 0.3 is 0 Å². The third kappa shape index (κ3) is 5.48. The van der Waals surface area contributed by atoms with Crippen molar-refractivity contribution in [2.45, 2.75) is 26.8 Å². The zero-order chi connectivity index (χ0) is 16.9. The minimum absolute atomic E-state index is 0.0162. The number of nitrogens with zero attached hydrogens (tertiary/aromatic N) is 2. The third-order valence-corrected chi connectivity index (χ3v) is 3.73. The van der Waals surface area contributed by atoms with Gasteiger partial charge in [-0.15, -0.1) is 0 Å². The van der Waals surface area contributed by atoms with Gasteiger partial charge in [0.25, 0.3) is 0 Å². The van der Waals surface area contributed by atoms with Gasteiger partial charge in [-0.25, -0.2) is 0 Å². The van der Waals surface area contributed by atoms with Crippen LogP contribution in [0.25, 0.3) is 0 Å². The van der Waals surface area contributed by atoms with Crippen molar-refractivity contribution >= 4 is 11.8 Å². The van der Waals surface area contributed by atoms with E-state index in [1.54, 1.807) is 26.0 Å². The van der Waals surface area contributed by atoms with Crippen molar-refractivity contribution in [1.29, 1.82) is 0 Å². The Balaban J connectivity index is 2.53. The molecule has 0 aliphatic rings. The summed E-state index contributed by atoms with van der Waals surface area (Å²) in [5.41, 5.74) is 3.54. The molecule has 2 amide bonds. The summed E-state index contributed by atoms with van der Waals surface area (Å²) >= 11 is 0. The number of carbonyl (C=O) groups is 2. The van der Waals surface area contributed by atoms with Crippen LogP contribution in [0.5, 0.6) is 0 Å². The fraction of sp³-hybridized carbons (Fsp3) is 0.529. The quantitative estimate of drug-likeness (QED) is 0.866. The largest absolute Gasteiger partial charge is 0.348 e. The van der Waals surface area contributed by atoms with Gasteiger partial charge in [0.2, 0.25) is 11.8 Å². The summed E-state index contributed by atoms with van der Waals surface area (Å²) < 4.78 is 0. The van der Waals surface area contributed by atoms with Crippen molar-refractivity contribution < 1.29 is 9.59 Å². The number of carbonyl (C=O) groups excluding carboxylic acids is 2. The number of rotatable bonds is 6. The van der Waals surface area contributed by atoms with Crippen LogP contribution in [0.4, 0.5) is 0 Å². The molecule has 22 heavy (non-hydrogen) atoms. The molecule has 1 unspecified atom stereocenters. The van der Waals surface area contributed by atoms with Gasteiger partial charge in [0.15, 0.2) is 0 Å². The van der Waals surface area contributed by atoms with Gasteiger partial charge in [0.1, 0.15) is 0 Å². The van der Waals surface area contributed by atoms with Gasteiger partial charge in [0.05, 0.1) is 19.1 Å². The molecule has 0 radical (unpaired) electrons. The van der Waals surface area contributed by atoms with Crippen molar-refractivity contribution in [2.24, 2.45) is 0 Å². The lowest BCUT2D eigenvalue weighted by atomic mass is 10.0. The van der Waals surface area contributed by atoms with E-state index in [4.69, 9.17) is 0 Å². The molecule has 0 saturated heterocycles. The average Bonchev–Trinajstić information content (AvgIpc) is 2.41. The second-order valence-electron chi connectivity index (χ2n) is 6.09. The minimum Gasteiger partial charge on any atom is -0.348 e. The molecule has 0 fully saturated rings. The number of hydrogen-bond donors (Lipinski definition) is 1. The Morgan fingerprint density at radius 1 is 1.09 bits per heavy atom. The lowest BCUT2D eigenvalue weighted by Crippen LogP contribution is -2.41. The maximum atomic E-state index is 12.1. The summed E-state index contributed by atoms with van der Waals surface area (Å²) in [5.74, 6) is -0.0997. The summed E-state index contributed by atoms with van der Waals surface area (Å²) in [6, 6.07) is 6.14. The molecule has 0 saturated carbocycles. The van der Waals surface area contributed by atoms with Crippen LogP contribution in [0.3, 0.4) is 0 Å². The van der Waals surface area contributed by atoms with Crippen molar-refractivity contribution in [2.75, 3.05) is 34.2 Å². The van der Waals surface area contributed by atoms with Crippen LogP contribution in [-0.2, 0) is 9.59 Å². The highest BCUT2D eigenvalue weighted by molar-refractivity contribution is 5.81. The molecule has 1 aromatic carbocycles. The lowest BCUT2D eigenvalue weighted by molar-refractivity contribution is -0.130. The maximum absolute atomic E-state index is 12.1. The predicted molar refractivity (Wildman–Crippen MR) is 88.7 cm³/mol. The normalized spacial score (nSPS) is 12.1. The second kappa shape index (κ2) is 7.94. The van der Waals surface area contributed by atoms with E-state index in [0.717, 1.165) is 5.56 Å². The molecular weight excluding hydrogens is 278 g/mol. The van der Waals surface area contributed by atoms with Crippen LogP contribution in [0.2, 0.25) is 0 Å². The predicted octanol–water partition coefficient (Wildman–Crippen LogP) is 1.50. The summed E-state index contributed by atoms with van der Waals surface area (Å²) in [7, 11) is 5.18. The maximum Gasteiger partial charge on any atom is 0.236 e. The second-order valence-corrected chi connectivity index (χ2v) is 6.09. The Hall–Kier alpha value is -1.88. The molecule has 1 atom stereocenters. The molecule has 0 heterocycles. The van der Waals surface area contributed by atoms with E-state index in [1.807, 2.05) is 13.0 Å². The molecule has 5 nitrogen and oxygen atoms in total. The molecule has 0 aromatic heterocycles. The fourth-order valence-electron chi connectivity index (χ4n) is 2.08. The van der Waals surface area contributed by atoms with Crippen LogP contribution in [-0.4, -0.2) is 55.8 Å². The van der Waals surface area contributed by atoms with E-state index < -0.39 is 0 Å². The summed E-state index contributed by atoms with van der Waals surface area (Å²) in [4.78, 5) is 26.9. The summed E-state index contributed by atoms with van der Waals surface area (Å²) in [6.45, 7) is 6.53. The number of nitrogens with one attached hydrogen (secondary N) is 1. The van der Waals surface area contributed by atoms with Gasteiger partial charge in [-0.1, -0.05) is 18.2 Å². The monoisotopic (exact) mass is 305 g/mol. The average molecular weight is 305 g/mol. The Bertz CT molecular complexity index is 541. The van der Waals surface area contributed by atoms with Gasteiger partial charge in [0, 0.05) is 14.1 Å². The zero-order valence-corrected chi connectivity index (χ0v) is 14.4. The van der Waals surface area contributed by atoms with Crippen molar-refractivity contribution in [3.05, 3.63) is 34.9 Å². The fourth-order valence-corrected chi connectivity index (χ4v) is 2.08. The van der Waals surface area contributed by atoms with Crippen molar-refractivity contribution in [3.8, 4) is 0 Å². The Kier molecular flexibility index (Phi) is 6.56. The number of aryl methyl sites for hydroxylation is 2. The van der Waals surface area contributed by atoms with E-state index in [9.17, 15) is 9.59 Å². The van der Waals surface area contributed by atoms with E-state index in [2.05, 4.69) is 31.3 Å². The zero-order valence-electron chi connectivity index (χ0n) is 14.4. The van der Waals surface area contributed by atoms with Crippen LogP contribution >= 0.6 is 0 Å². The highest BCUT2D eigenvalue weighted by Crippen LogP contribution is 2.16. The molecule has 1 aromatic rings. The van der Waals surface area contributed by atoms with E-state index in [0.29, 0.717) is 0 Å². The Morgan fingerprint density at radius 2 is 1.73 bits per heavy atom. The van der Waals surface area contributed by atoms with Gasteiger partial charge < -0.3 is 10.2 Å². The van der Waals surface area contributed by atoms with E-state index in [-0.39, 0.29) is 30.9 Å². The number of benzene rings is 1. The first kappa shape index (κ1) is 18.2. The lowest BCUT2D eigenvalue weighted by Gasteiger charge is -2.20. The van der Waals surface area contributed by atoms with Crippen LogP contribution < -0.4 is 5.32 Å². The molecule has 0 spiro atoms. The highest BCUT2D eigenvalue weighted by atomic mass is 16.2. The molecule has 1 rings (SSSR count). The topological polar surface area (TPSA) is 52.7 Å². The van der Waals surface area contributed by atoms with Crippen LogP contribution in [0, 0.1) is 13.8 Å².